The molecule has 0 radical (unpaired) electrons. The van der Waals surface area contributed by atoms with Crippen LogP contribution >= 0.6 is 0 Å². The molecule has 0 spiro atoms. The second kappa shape index (κ2) is 17.5. The third-order valence-corrected chi connectivity index (χ3v) is 11.1. The highest BCUT2D eigenvalue weighted by Gasteiger charge is 2.39. The predicted molar refractivity (Wildman–Crippen MR) is 173 cm³/mol. The summed E-state index contributed by atoms with van der Waals surface area (Å²) in [4.78, 5) is 0. The number of ether oxygens (including phenoxy) is 4. The van der Waals surface area contributed by atoms with Crippen molar-refractivity contribution in [2.24, 2.45) is 0 Å². The second-order valence-electron chi connectivity index (χ2n) is 11.5. The number of benzene rings is 2. The Hall–Kier alpha value is -1.94. The van der Waals surface area contributed by atoms with Gasteiger partial charge in [0.1, 0.15) is 36.9 Å². The summed E-state index contributed by atoms with van der Waals surface area (Å²) in [5, 5.41) is 0. The first-order valence-electron chi connectivity index (χ1n) is 16.7. The number of hydrogen-bond donors (Lipinski definition) is 0. The third kappa shape index (κ3) is 10.6. The largest absolute Gasteiger partial charge is 0.500 e. The molecule has 43 heavy (non-hydrogen) atoms. The monoisotopic (exact) mass is 614 g/mol. The average molecular weight is 615 g/mol. The van der Waals surface area contributed by atoms with E-state index in [4.69, 9.17) is 32.2 Å². The fraction of sp³-hybridized carbons (Fsp3) is 0.657. The maximum absolute atomic E-state index is 6.52. The first kappa shape index (κ1) is 33.9. The van der Waals surface area contributed by atoms with Gasteiger partial charge in [-0.05, 0) is 111 Å². The fourth-order valence-corrected chi connectivity index (χ4v) is 8.10. The van der Waals surface area contributed by atoms with Gasteiger partial charge in [0.25, 0.3) is 0 Å². The van der Waals surface area contributed by atoms with Crippen molar-refractivity contribution in [2.45, 2.75) is 104 Å². The van der Waals surface area contributed by atoms with Gasteiger partial charge in [-0.1, -0.05) is 32.8 Å². The molecular weight excluding hydrogens is 560 g/mol. The molecule has 2 aromatic carbocycles. The molecule has 2 aliphatic rings. The highest BCUT2D eigenvalue weighted by atomic mass is 28.4. The lowest BCUT2D eigenvalue weighted by Gasteiger charge is -2.28. The van der Waals surface area contributed by atoms with Crippen molar-refractivity contribution in [3.8, 4) is 22.6 Å². The van der Waals surface area contributed by atoms with Crippen molar-refractivity contribution in [1.29, 1.82) is 0 Å². The normalized spacial score (nSPS) is 17.7. The Morgan fingerprint density at radius 1 is 0.651 bits per heavy atom. The van der Waals surface area contributed by atoms with Crippen LogP contribution in [0.5, 0.6) is 11.5 Å². The molecule has 2 saturated heterocycles. The lowest BCUT2D eigenvalue weighted by molar-refractivity contribution is 0.0708. The SMILES string of the molecule is CCCCc1cc(-c2cc(CCCC)c(OCC3CO3)c(CCC[Si](OCC)(OCC)OCC)c2)ccc1OCC1CO1. The van der Waals surface area contributed by atoms with Crippen molar-refractivity contribution in [3.63, 3.8) is 0 Å². The van der Waals surface area contributed by atoms with E-state index in [1.165, 1.54) is 27.8 Å². The van der Waals surface area contributed by atoms with Crippen molar-refractivity contribution in [1.82, 2.24) is 0 Å². The van der Waals surface area contributed by atoms with Crippen LogP contribution in [0.4, 0.5) is 0 Å². The number of hydrogen-bond acceptors (Lipinski definition) is 7. The molecule has 2 unspecified atom stereocenters. The molecule has 2 atom stereocenters. The molecule has 2 aliphatic heterocycles. The van der Waals surface area contributed by atoms with Crippen molar-refractivity contribution in [3.05, 3.63) is 47.0 Å². The minimum Gasteiger partial charge on any atom is -0.491 e. The summed E-state index contributed by atoms with van der Waals surface area (Å²) in [6, 6.07) is 12.1. The zero-order valence-corrected chi connectivity index (χ0v) is 28.2. The molecule has 0 bridgehead atoms. The van der Waals surface area contributed by atoms with Crippen LogP contribution in [0.1, 0.15) is 83.4 Å². The van der Waals surface area contributed by atoms with Crippen molar-refractivity contribution in [2.75, 3.05) is 46.2 Å². The molecule has 8 heteroatoms. The van der Waals surface area contributed by atoms with Crippen LogP contribution in [-0.2, 0) is 42.0 Å². The Balaban J connectivity index is 1.65. The smallest absolute Gasteiger partial charge is 0.491 e. The lowest BCUT2D eigenvalue weighted by atomic mass is 9.93. The summed E-state index contributed by atoms with van der Waals surface area (Å²) in [6.07, 6.45) is 8.72. The second-order valence-corrected chi connectivity index (χ2v) is 14.3. The quantitative estimate of drug-likeness (QED) is 0.0944. The molecule has 2 aromatic rings. The lowest BCUT2D eigenvalue weighted by Crippen LogP contribution is -2.46. The highest BCUT2D eigenvalue weighted by molar-refractivity contribution is 6.60. The molecule has 240 valence electrons. The zero-order valence-electron chi connectivity index (χ0n) is 27.2. The van der Waals surface area contributed by atoms with Crippen LogP contribution in [-0.4, -0.2) is 67.3 Å². The maximum Gasteiger partial charge on any atom is 0.500 e. The van der Waals surface area contributed by atoms with Gasteiger partial charge in [-0.3, -0.25) is 0 Å². The van der Waals surface area contributed by atoms with E-state index in [2.05, 4.69) is 44.2 Å². The van der Waals surface area contributed by atoms with E-state index < -0.39 is 8.80 Å². The van der Waals surface area contributed by atoms with Crippen LogP contribution in [0, 0.1) is 0 Å². The minimum absolute atomic E-state index is 0.204. The molecule has 0 N–H and O–H groups in total. The summed E-state index contributed by atoms with van der Waals surface area (Å²) in [7, 11) is -2.73. The summed E-state index contributed by atoms with van der Waals surface area (Å²) in [5.74, 6) is 2.01. The topological polar surface area (TPSA) is 71.2 Å². The average Bonchev–Trinajstić information content (AvgIpc) is 3.94. The van der Waals surface area contributed by atoms with Crippen molar-refractivity contribution >= 4 is 8.80 Å². The Bertz CT molecular complexity index is 1100. The van der Waals surface area contributed by atoms with E-state index in [-0.39, 0.29) is 12.2 Å². The van der Waals surface area contributed by atoms with Gasteiger partial charge < -0.3 is 32.2 Å². The highest BCUT2D eigenvalue weighted by Crippen LogP contribution is 2.36. The molecule has 0 aliphatic carbocycles. The van der Waals surface area contributed by atoms with Gasteiger partial charge in [0.05, 0.1) is 13.2 Å². The molecule has 0 saturated carbocycles. The first-order chi connectivity index (χ1) is 21.0. The molecule has 4 rings (SSSR count). The number of rotatable bonds is 23. The summed E-state index contributed by atoms with van der Waals surface area (Å²) >= 11 is 0. The molecule has 0 aromatic heterocycles. The first-order valence-corrected chi connectivity index (χ1v) is 18.7. The summed E-state index contributed by atoms with van der Waals surface area (Å²) in [5.41, 5.74) is 6.23. The van der Waals surface area contributed by atoms with E-state index in [0.29, 0.717) is 33.0 Å². The standard InChI is InChI=1S/C35H54O7Si/c1-6-11-14-28-20-27(17-18-34(28)38-25-32-23-36-32)31-21-29(15-12-7-2)35(39-26-33-24-37-33)30(22-31)16-13-19-43(40-8-3,41-9-4)42-10-5/h17-18,20-22,32-33H,6-16,19,23-26H2,1-5H3. The Labute approximate surface area is 260 Å². The van der Waals surface area contributed by atoms with Gasteiger partial charge in [0.2, 0.25) is 0 Å². The van der Waals surface area contributed by atoms with Crippen molar-refractivity contribution < 1.29 is 32.2 Å². The zero-order chi connectivity index (χ0) is 30.5. The molecule has 2 heterocycles. The van der Waals surface area contributed by atoms with Crippen LogP contribution in [0.3, 0.4) is 0 Å². The van der Waals surface area contributed by atoms with Gasteiger partial charge in [-0.25, -0.2) is 0 Å². The van der Waals surface area contributed by atoms with E-state index in [0.717, 1.165) is 82.1 Å². The Morgan fingerprint density at radius 3 is 1.70 bits per heavy atom. The Kier molecular flexibility index (Phi) is 13.8. The van der Waals surface area contributed by atoms with Gasteiger partial charge in [-0.15, -0.1) is 0 Å². The van der Waals surface area contributed by atoms with E-state index >= 15 is 0 Å². The molecule has 7 nitrogen and oxygen atoms in total. The van der Waals surface area contributed by atoms with Crippen LogP contribution in [0.15, 0.2) is 30.3 Å². The van der Waals surface area contributed by atoms with Gasteiger partial charge >= 0.3 is 8.80 Å². The van der Waals surface area contributed by atoms with Crippen LogP contribution in [0.2, 0.25) is 6.04 Å². The van der Waals surface area contributed by atoms with Gasteiger partial charge in [0, 0.05) is 25.9 Å². The van der Waals surface area contributed by atoms with Crippen LogP contribution in [0.25, 0.3) is 11.1 Å². The van der Waals surface area contributed by atoms with Gasteiger partial charge in [-0.2, -0.15) is 0 Å². The number of unbranched alkanes of at least 4 members (excludes halogenated alkanes) is 2. The van der Waals surface area contributed by atoms with E-state index in [9.17, 15) is 0 Å². The van der Waals surface area contributed by atoms with E-state index in [1.807, 2.05) is 20.8 Å². The molecule has 0 amide bonds. The molecule has 2 fully saturated rings. The predicted octanol–water partition coefficient (Wildman–Crippen LogP) is 7.58. The summed E-state index contributed by atoms with van der Waals surface area (Å²) in [6.45, 7) is 15.1. The summed E-state index contributed by atoms with van der Waals surface area (Å²) < 4.78 is 42.1. The number of epoxide rings is 2. The fourth-order valence-electron chi connectivity index (χ4n) is 5.49. The van der Waals surface area contributed by atoms with Gasteiger partial charge in [0.15, 0.2) is 0 Å². The van der Waals surface area contributed by atoms with Crippen LogP contribution < -0.4 is 9.47 Å². The maximum atomic E-state index is 6.52. The molecular formula is C35H54O7Si. The number of aryl methyl sites for hydroxylation is 3. The Morgan fingerprint density at radius 2 is 1.16 bits per heavy atom. The van der Waals surface area contributed by atoms with E-state index in [1.54, 1.807) is 0 Å². The third-order valence-electron chi connectivity index (χ3n) is 7.90. The minimum atomic E-state index is -2.73.